The fraction of sp³-hybridized carbons (Fsp3) is 0.422. The molecule has 1 spiro atoms. The largest absolute Gasteiger partial charge is 0.493 e. The molecule has 10 rings (SSSR count). The van der Waals surface area contributed by atoms with Crippen LogP contribution >= 0.6 is 11.6 Å². The minimum Gasteiger partial charge on any atom is -0.493 e. The van der Waals surface area contributed by atoms with E-state index in [0.717, 1.165) is 73.6 Å². The Morgan fingerprint density at radius 2 is 1.87 bits per heavy atom. The van der Waals surface area contributed by atoms with Gasteiger partial charge in [0.15, 0.2) is 17.2 Å². The molecule has 0 bridgehead atoms. The molecule has 3 aromatic heterocycles. The third-order valence-electron chi connectivity index (χ3n) is 13.2. The number of nitrogens with one attached hydrogen (secondary N) is 3. The molecule has 13 nitrogen and oxygen atoms in total. The van der Waals surface area contributed by atoms with E-state index in [-0.39, 0.29) is 17.5 Å². The van der Waals surface area contributed by atoms with Crippen molar-refractivity contribution in [1.82, 2.24) is 35.1 Å². The lowest BCUT2D eigenvalue weighted by molar-refractivity contribution is -0.134. The lowest BCUT2D eigenvalue weighted by Crippen LogP contribution is -2.57. The summed E-state index contributed by atoms with van der Waals surface area (Å²) in [6.07, 6.45) is 9.09. The molecule has 2 saturated carbocycles. The maximum absolute atomic E-state index is 13.6. The van der Waals surface area contributed by atoms with Gasteiger partial charge >= 0.3 is 0 Å². The standard InChI is InChI=1S/C45H47ClFN9O4/c1-48-37-19-40(53-56-39(21-50-42(37)56)44(59)51-36-18-34(36)47)55-16-13-31-30(3-2-4-38(31)55)35-9-5-27(20-49-35)22-54-24-45(25-54)14-11-26(12-15-45)23-60-28-6-7-29(33(46)17-28)32-8-10-41(57)52-43(32)58/h2-7,9,17,19-21,26,32,34,36,48H,8,10-16,18,22-25H2,1H3,(H,51,59)(H,52,57,58)/t32?,34-,36+/m0/s1. The first-order valence-corrected chi connectivity index (χ1v) is 21.4. The van der Waals surface area contributed by atoms with E-state index in [1.54, 1.807) is 10.6 Å². The molecule has 0 radical (unpaired) electrons. The molecule has 3 aliphatic heterocycles. The lowest BCUT2D eigenvalue weighted by atomic mass is 9.66. The second kappa shape index (κ2) is 15.5. The first kappa shape index (κ1) is 38.6. The van der Waals surface area contributed by atoms with Gasteiger partial charge in [0, 0.05) is 74.6 Å². The van der Waals surface area contributed by atoms with Crippen LogP contribution in [0.5, 0.6) is 5.75 Å². The minimum atomic E-state index is -1.00. The molecule has 2 aliphatic carbocycles. The molecule has 5 aliphatic rings. The number of hydrogen-bond donors (Lipinski definition) is 3. The molecule has 2 saturated heterocycles. The highest BCUT2D eigenvalue weighted by atomic mass is 35.5. The summed E-state index contributed by atoms with van der Waals surface area (Å²) in [5.41, 5.74) is 8.13. The summed E-state index contributed by atoms with van der Waals surface area (Å²) < 4.78 is 21.3. The van der Waals surface area contributed by atoms with Gasteiger partial charge in [-0.25, -0.2) is 13.9 Å². The molecule has 2 aromatic carbocycles. The zero-order chi connectivity index (χ0) is 41.1. The van der Waals surface area contributed by atoms with Gasteiger partial charge in [-0.05, 0) is 90.8 Å². The first-order chi connectivity index (χ1) is 29.1. The monoisotopic (exact) mass is 831 g/mol. The molecule has 3 atom stereocenters. The number of carbonyl (C=O) groups is 3. The number of piperidine rings is 1. The number of amides is 3. The van der Waals surface area contributed by atoms with Crippen LogP contribution in [0.1, 0.15) is 78.0 Å². The Balaban J connectivity index is 0.733. The Kier molecular flexibility index (Phi) is 9.94. The number of imidazole rings is 1. The number of imide groups is 1. The summed E-state index contributed by atoms with van der Waals surface area (Å²) in [5.74, 6) is 0.556. The van der Waals surface area contributed by atoms with E-state index in [4.69, 9.17) is 26.4 Å². The van der Waals surface area contributed by atoms with Crippen molar-refractivity contribution >= 4 is 52.2 Å². The number of anilines is 3. The van der Waals surface area contributed by atoms with Crippen LogP contribution in [0, 0.1) is 11.3 Å². The SMILES string of the molecule is CNc1cc(N2CCc3c(-c4ccc(CN5CC6(CCC(COc7ccc(C8CCC(=O)NC8=O)c(Cl)c7)CC6)C5)cn4)cccc32)nn2c(C(=O)N[C@@H]3C[C@@H]3F)cnc12. The normalized spacial score (nSPS) is 22.4. The van der Waals surface area contributed by atoms with Crippen LogP contribution in [0.25, 0.3) is 16.9 Å². The van der Waals surface area contributed by atoms with Crippen LogP contribution in [0.3, 0.4) is 0 Å². The van der Waals surface area contributed by atoms with Crippen LogP contribution in [0.15, 0.2) is 67.0 Å². The van der Waals surface area contributed by atoms with Gasteiger partial charge in [-0.2, -0.15) is 0 Å². The number of fused-ring (bicyclic) bond motifs is 2. The molecule has 15 heteroatoms. The highest BCUT2D eigenvalue weighted by Crippen LogP contribution is 2.46. The fourth-order valence-corrected chi connectivity index (χ4v) is 10.0. The van der Waals surface area contributed by atoms with Crippen LogP contribution < -0.4 is 25.6 Å². The van der Waals surface area contributed by atoms with Crippen molar-refractivity contribution in [2.24, 2.45) is 11.3 Å². The zero-order valence-electron chi connectivity index (χ0n) is 33.4. The average molecular weight is 832 g/mol. The van der Waals surface area contributed by atoms with E-state index in [0.29, 0.717) is 59.4 Å². The van der Waals surface area contributed by atoms with Crippen molar-refractivity contribution in [3.05, 3.63) is 94.4 Å². The number of likely N-dealkylation sites (tertiary alicyclic amines) is 1. The Morgan fingerprint density at radius 1 is 1.03 bits per heavy atom. The van der Waals surface area contributed by atoms with E-state index in [2.05, 4.69) is 61.1 Å². The molecule has 1 unspecified atom stereocenters. The highest BCUT2D eigenvalue weighted by Gasteiger charge is 2.45. The third kappa shape index (κ3) is 7.33. The summed E-state index contributed by atoms with van der Waals surface area (Å²) in [6.45, 7) is 4.44. The number of pyridine rings is 1. The number of alkyl halides is 1. The summed E-state index contributed by atoms with van der Waals surface area (Å²) >= 11 is 6.57. The summed E-state index contributed by atoms with van der Waals surface area (Å²) in [5, 5.41) is 13.7. The molecule has 60 heavy (non-hydrogen) atoms. The average Bonchev–Trinajstić information content (AvgIpc) is 3.55. The van der Waals surface area contributed by atoms with Crippen molar-refractivity contribution in [3.8, 4) is 17.0 Å². The van der Waals surface area contributed by atoms with E-state index in [1.165, 1.54) is 30.2 Å². The number of carbonyl (C=O) groups excluding carboxylic acids is 3. The van der Waals surface area contributed by atoms with E-state index < -0.39 is 24.0 Å². The second-order valence-corrected chi connectivity index (χ2v) is 17.6. The molecule has 310 valence electrons. The molecular formula is C45H47ClFN9O4. The number of hydrogen-bond acceptors (Lipinski definition) is 10. The zero-order valence-corrected chi connectivity index (χ0v) is 34.2. The molecule has 3 N–H and O–H groups in total. The third-order valence-corrected chi connectivity index (χ3v) is 13.5. The second-order valence-electron chi connectivity index (χ2n) is 17.2. The molecule has 5 aromatic rings. The van der Waals surface area contributed by atoms with Gasteiger partial charge in [-0.1, -0.05) is 35.9 Å². The predicted molar refractivity (Wildman–Crippen MR) is 225 cm³/mol. The van der Waals surface area contributed by atoms with Crippen molar-refractivity contribution in [2.45, 2.75) is 76.0 Å². The van der Waals surface area contributed by atoms with E-state index in [9.17, 15) is 18.8 Å². The van der Waals surface area contributed by atoms with Crippen molar-refractivity contribution in [2.75, 3.05) is 43.5 Å². The number of aromatic nitrogens is 4. The number of rotatable bonds is 11. The topological polar surface area (TPSA) is 146 Å². The highest BCUT2D eigenvalue weighted by molar-refractivity contribution is 6.32. The Hall–Kier alpha value is -5.60. The number of benzene rings is 2. The van der Waals surface area contributed by atoms with E-state index >= 15 is 0 Å². The smallest absolute Gasteiger partial charge is 0.271 e. The van der Waals surface area contributed by atoms with Gasteiger partial charge in [0.2, 0.25) is 11.8 Å². The molecule has 4 fully saturated rings. The van der Waals surface area contributed by atoms with Crippen molar-refractivity contribution in [1.29, 1.82) is 0 Å². The number of halogens is 2. The van der Waals surface area contributed by atoms with Crippen molar-refractivity contribution < 1.29 is 23.5 Å². The predicted octanol–water partition coefficient (Wildman–Crippen LogP) is 6.61. The summed E-state index contributed by atoms with van der Waals surface area (Å²) in [7, 11) is 1.81. The van der Waals surface area contributed by atoms with Crippen LogP contribution in [0.2, 0.25) is 5.02 Å². The van der Waals surface area contributed by atoms with Gasteiger partial charge in [0.25, 0.3) is 5.91 Å². The molecule has 6 heterocycles. The first-order valence-electron chi connectivity index (χ1n) is 21.0. The number of ether oxygens (including phenoxy) is 1. The van der Waals surface area contributed by atoms with Crippen LogP contribution in [-0.4, -0.2) is 87.7 Å². The quantitative estimate of drug-likeness (QED) is 0.124. The van der Waals surface area contributed by atoms with Gasteiger partial charge in [-0.15, -0.1) is 5.10 Å². The van der Waals surface area contributed by atoms with Crippen LogP contribution in [0.4, 0.5) is 21.6 Å². The van der Waals surface area contributed by atoms with Gasteiger partial charge in [-0.3, -0.25) is 29.6 Å². The number of nitrogens with zero attached hydrogens (tertiary/aromatic N) is 6. The van der Waals surface area contributed by atoms with Crippen molar-refractivity contribution in [3.63, 3.8) is 0 Å². The minimum absolute atomic E-state index is 0.236. The van der Waals surface area contributed by atoms with Gasteiger partial charge in [0.1, 0.15) is 11.9 Å². The van der Waals surface area contributed by atoms with Crippen LogP contribution in [-0.2, 0) is 22.6 Å². The molecule has 3 amide bonds. The summed E-state index contributed by atoms with van der Waals surface area (Å²) in [4.78, 5) is 51.0. The van der Waals surface area contributed by atoms with Gasteiger partial charge in [0.05, 0.1) is 36.1 Å². The Labute approximate surface area is 352 Å². The molecular weight excluding hydrogens is 785 g/mol. The Bertz CT molecular complexity index is 2500. The Morgan fingerprint density at radius 3 is 2.60 bits per heavy atom. The lowest BCUT2D eigenvalue weighted by Gasteiger charge is -2.53. The fourth-order valence-electron chi connectivity index (χ4n) is 9.70. The van der Waals surface area contributed by atoms with Gasteiger partial charge < -0.3 is 20.3 Å². The van der Waals surface area contributed by atoms with E-state index in [1.807, 2.05) is 31.4 Å². The summed E-state index contributed by atoms with van der Waals surface area (Å²) in [6, 6.07) is 17.6. The maximum Gasteiger partial charge on any atom is 0.271 e. The maximum atomic E-state index is 13.6.